The van der Waals surface area contributed by atoms with Gasteiger partial charge in [0.15, 0.2) is 6.10 Å². The lowest BCUT2D eigenvalue weighted by atomic mass is 9.82. The number of halogens is 2. The predicted octanol–water partition coefficient (Wildman–Crippen LogP) is 6.16. The summed E-state index contributed by atoms with van der Waals surface area (Å²) in [7, 11) is 0. The molecule has 6 nitrogen and oxygen atoms in total. The molecule has 0 aromatic carbocycles. The van der Waals surface area contributed by atoms with E-state index in [0.29, 0.717) is 35.6 Å². The molecule has 0 aliphatic carbocycles. The van der Waals surface area contributed by atoms with E-state index in [4.69, 9.17) is 9.47 Å². The molecule has 0 bridgehead atoms. The van der Waals surface area contributed by atoms with Crippen LogP contribution in [0.25, 0.3) is 11.1 Å². The van der Waals surface area contributed by atoms with Crippen molar-refractivity contribution < 1.29 is 23.0 Å². The van der Waals surface area contributed by atoms with Gasteiger partial charge in [0.25, 0.3) is 0 Å². The number of hydrogen-bond donors (Lipinski definition) is 0. The Labute approximate surface area is 207 Å². The zero-order valence-corrected chi connectivity index (χ0v) is 22.0. The number of carbonyl (C=O) groups excluding carboxylic acids is 1. The first kappa shape index (κ1) is 27.0. The molecular weight excluding hydrogens is 452 g/mol. The van der Waals surface area contributed by atoms with E-state index in [0.717, 1.165) is 18.9 Å². The molecule has 2 aromatic heterocycles. The number of piperidine rings is 1. The maximum atomic E-state index is 14.9. The Hall–Kier alpha value is -2.61. The van der Waals surface area contributed by atoms with E-state index in [9.17, 15) is 13.6 Å². The van der Waals surface area contributed by atoms with Crippen LogP contribution in [0.4, 0.5) is 14.5 Å². The second kappa shape index (κ2) is 10.2. The largest absolute Gasteiger partial charge is 0.461 e. The number of nitrogens with zero attached hydrogens (tertiary/aromatic N) is 3. The Morgan fingerprint density at radius 1 is 1.11 bits per heavy atom. The van der Waals surface area contributed by atoms with Crippen LogP contribution in [0.15, 0.2) is 18.3 Å². The van der Waals surface area contributed by atoms with E-state index >= 15 is 0 Å². The highest BCUT2D eigenvalue weighted by Crippen LogP contribution is 2.44. The number of aromatic nitrogens is 2. The van der Waals surface area contributed by atoms with Crippen LogP contribution >= 0.6 is 0 Å². The van der Waals surface area contributed by atoms with Gasteiger partial charge in [-0.3, -0.25) is 4.98 Å². The Morgan fingerprint density at radius 2 is 1.74 bits per heavy atom. The van der Waals surface area contributed by atoms with Gasteiger partial charge in [0.1, 0.15) is 0 Å². The van der Waals surface area contributed by atoms with Crippen LogP contribution in [0.1, 0.15) is 78.7 Å². The van der Waals surface area contributed by atoms with Gasteiger partial charge < -0.3 is 14.4 Å². The second-order valence-electron chi connectivity index (χ2n) is 11.2. The SMILES string of the molecule is Cc1ncc(-c2ccc(F)nc2F)c(N2CCC(C)(C)CC2)c1[C@H](OC(C)(C)C)C(=O)OC(C)C. The molecule has 3 heterocycles. The van der Waals surface area contributed by atoms with E-state index in [2.05, 4.69) is 28.7 Å². The Bertz CT molecular complexity index is 1070. The molecular formula is C27H37F2N3O3. The fourth-order valence-corrected chi connectivity index (χ4v) is 4.28. The van der Waals surface area contributed by atoms with Gasteiger partial charge in [-0.25, -0.2) is 4.79 Å². The van der Waals surface area contributed by atoms with Gasteiger partial charge >= 0.3 is 5.97 Å². The maximum Gasteiger partial charge on any atom is 0.340 e. The van der Waals surface area contributed by atoms with Crippen LogP contribution in [0.2, 0.25) is 0 Å². The number of aryl methyl sites for hydroxylation is 1. The van der Waals surface area contributed by atoms with Gasteiger partial charge in [0, 0.05) is 41.7 Å². The fourth-order valence-electron chi connectivity index (χ4n) is 4.28. The molecule has 192 valence electrons. The van der Waals surface area contributed by atoms with Crippen molar-refractivity contribution in [3.05, 3.63) is 41.5 Å². The minimum absolute atomic E-state index is 0.117. The van der Waals surface area contributed by atoms with Gasteiger partial charge in [-0.15, -0.1) is 0 Å². The molecule has 35 heavy (non-hydrogen) atoms. The summed E-state index contributed by atoms with van der Waals surface area (Å²) in [4.78, 5) is 23.4. The van der Waals surface area contributed by atoms with E-state index in [1.165, 1.54) is 6.07 Å². The molecule has 0 N–H and O–H groups in total. The highest BCUT2D eigenvalue weighted by Gasteiger charge is 2.37. The number of pyridine rings is 2. The molecule has 0 saturated carbocycles. The molecule has 0 unspecified atom stereocenters. The molecule has 3 rings (SSSR count). The lowest BCUT2D eigenvalue weighted by Crippen LogP contribution is -2.39. The summed E-state index contributed by atoms with van der Waals surface area (Å²) in [6.07, 6.45) is 1.97. The van der Waals surface area contributed by atoms with Crippen LogP contribution in [-0.4, -0.2) is 40.7 Å². The van der Waals surface area contributed by atoms with Gasteiger partial charge in [-0.1, -0.05) is 13.8 Å². The van der Waals surface area contributed by atoms with E-state index in [-0.39, 0.29) is 17.1 Å². The number of esters is 1. The molecule has 1 saturated heterocycles. The zero-order chi connectivity index (χ0) is 26.1. The normalized spacial score (nSPS) is 16.9. The lowest BCUT2D eigenvalue weighted by molar-refractivity contribution is -0.171. The van der Waals surface area contributed by atoms with Gasteiger partial charge in [0.05, 0.1) is 17.4 Å². The molecule has 1 aliphatic heterocycles. The van der Waals surface area contributed by atoms with Gasteiger partial charge in [-0.05, 0) is 71.9 Å². The van der Waals surface area contributed by atoms with Crippen LogP contribution in [-0.2, 0) is 14.3 Å². The number of hydrogen-bond acceptors (Lipinski definition) is 6. The first-order chi connectivity index (χ1) is 16.2. The molecule has 2 aromatic rings. The van der Waals surface area contributed by atoms with Crippen LogP contribution in [0, 0.1) is 24.2 Å². The zero-order valence-electron chi connectivity index (χ0n) is 22.0. The highest BCUT2D eigenvalue weighted by atomic mass is 19.1. The summed E-state index contributed by atoms with van der Waals surface area (Å²) in [5.74, 6) is -2.37. The summed E-state index contributed by atoms with van der Waals surface area (Å²) < 4.78 is 40.4. The Balaban J connectivity index is 2.28. The Morgan fingerprint density at radius 3 is 2.29 bits per heavy atom. The van der Waals surface area contributed by atoms with E-state index in [1.54, 1.807) is 27.0 Å². The molecule has 0 amide bonds. The number of anilines is 1. The van der Waals surface area contributed by atoms with Gasteiger partial charge in [0.2, 0.25) is 11.9 Å². The standard InChI is InChI=1S/C27H37F2N3O3/c1-16(2)34-25(33)23(35-26(4,5)6)21-17(3)30-15-19(18-9-10-20(28)31-24(18)29)22(21)32-13-11-27(7,8)12-14-32/h9-10,15-16,23H,11-14H2,1-8H3/t23-/m0/s1. The van der Waals surface area contributed by atoms with Crippen molar-refractivity contribution in [1.29, 1.82) is 0 Å². The Kier molecular flexibility index (Phi) is 7.84. The first-order valence-electron chi connectivity index (χ1n) is 12.1. The summed E-state index contributed by atoms with van der Waals surface area (Å²) in [6.45, 7) is 16.8. The highest BCUT2D eigenvalue weighted by molar-refractivity contribution is 5.87. The quantitative estimate of drug-likeness (QED) is 0.357. The fraction of sp³-hybridized carbons (Fsp3) is 0.593. The minimum Gasteiger partial charge on any atom is -0.461 e. The first-order valence-corrected chi connectivity index (χ1v) is 12.1. The average Bonchev–Trinajstić information content (AvgIpc) is 2.71. The topological polar surface area (TPSA) is 64.5 Å². The lowest BCUT2D eigenvalue weighted by Gasteiger charge is -2.41. The van der Waals surface area contributed by atoms with Crippen molar-refractivity contribution in [2.45, 2.75) is 86.0 Å². The second-order valence-corrected chi connectivity index (χ2v) is 11.2. The third-order valence-electron chi connectivity index (χ3n) is 6.12. The van der Waals surface area contributed by atoms with Crippen molar-refractivity contribution >= 4 is 11.7 Å². The predicted molar refractivity (Wildman–Crippen MR) is 132 cm³/mol. The summed E-state index contributed by atoms with van der Waals surface area (Å²) in [6, 6.07) is 2.48. The summed E-state index contributed by atoms with van der Waals surface area (Å²) >= 11 is 0. The van der Waals surface area contributed by atoms with Crippen LogP contribution in [0.5, 0.6) is 0 Å². The average molecular weight is 490 g/mol. The van der Waals surface area contributed by atoms with Crippen molar-refractivity contribution in [2.75, 3.05) is 18.0 Å². The molecule has 0 radical (unpaired) electrons. The smallest absolute Gasteiger partial charge is 0.340 e. The van der Waals surface area contributed by atoms with Crippen molar-refractivity contribution in [1.82, 2.24) is 9.97 Å². The van der Waals surface area contributed by atoms with Gasteiger partial charge in [-0.2, -0.15) is 13.8 Å². The van der Waals surface area contributed by atoms with Crippen LogP contribution in [0.3, 0.4) is 0 Å². The molecule has 1 fully saturated rings. The number of ether oxygens (including phenoxy) is 2. The maximum absolute atomic E-state index is 14.9. The number of rotatable bonds is 6. The minimum atomic E-state index is -1.08. The summed E-state index contributed by atoms with van der Waals surface area (Å²) in [5.41, 5.74) is 1.81. The summed E-state index contributed by atoms with van der Waals surface area (Å²) in [5, 5.41) is 0. The van der Waals surface area contributed by atoms with Crippen molar-refractivity contribution in [3.63, 3.8) is 0 Å². The third-order valence-corrected chi connectivity index (χ3v) is 6.12. The molecule has 0 spiro atoms. The molecule has 1 aliphatic rings. The van der Waals surface area contributed by atoms with Crippen molar-refractivity contribution in [3.8, 4) is 11.1 Å². The van der Waals surface area contributed by atoms with E-state index in [1.807, 2.05) is 20.8 Å². The molecule has 1 atom stereocenters. The monoisotopic (exact) mass is 489 g/mol. The number of carbonyl (C=O) groups is 1. The van der Waals surface area contributed by atoms with Crippen LogP contribution < -0.4 is 4.90 Å². The molecule has 8 heteroatoms. The third kappa shape index (κ3) is 6.54. The van der Waals surface area contributed by atoms with Crippen molar-refractivity contribution in [2.24, 2.45) is 5.41 Å². The van der Waals surface area contributed by atoms with E-state index < -0.39 is 29.6 Å².